The van der Waals surface area contributed by atoms with E-state index in [1.807, 2.05) is 54.3 Å². The fourth-order valence-electron chi connectivity index (χ4n) is 3.89. The number of aryl methyl sites for hydroxylation is 1. The molecule has 4 aromatic rings. The van der Waals surface area contributed by atoms with Crippen LogP contribution in [0.5, 0.6) is 0 Å². The molecule has 0 N–H and O–H groups in total. The number of carbonyl (C=O) groups is 1. The number of benzene rings is 2. The number of hydrogen-bond acceptors (Lipinski definition) is 7. The second kappa shape index (κ2) is 9.59. The molecule has 7 nitrogen and oxygen atoms in total. The zero-order valence-electron chi connectivity index (χ0n) is 18.2. The highest BCUT2D eigenvalue weighted by Crippen LogP contribution is 2.28. The van der Waals surface area contributed by atoms with Gasteiger partial charge in [-0.3, -0.25) is 9.69 Å². The Labute approximate surface area is 200 Å². The van der Waals surface area contributed by atoms with Crippen LogP contribution in [0.1, 0.15) is 27.7 Å². The first-order valence-electron chi connectivity index (χ1n) is 10.8. The first-order chi connectivity index (χ1) is 16.0. The average molecular weight is 483 g/mol. The van der Waals surface area contributed by atoms with Gasteiger partial charge in [-0.25, -0.2) is 4.98 Å². The quantitative estimate of drug-likeness (QED) is 0.357. The number of hydrogen-bond donors (Lipinski definition) is 0. The Morgan fingerprint density at radius 1 is 1.12 bits per heavy atom. The monoisotopic (exact) mass is 482 g/mol. The molecule has 2 aromatic heterocycles. The number of amides is 1. The first kappa shape index (κ1) is 22.0. The van der Waals surface area contributed by atoms with Crippen molar-refractivity contribution in [2.45, 2.75) is 24.1 Å². The van der Waals surface area contributed by atoms with Crippen LogP contribution in [0.25, 0.3) is 11.1 Å². The maximum absolute atomic E-state index is 13.3. The van der Waals surface area contributed by atoms with Crippen molar-refractivity contribution in [1.82, 2.24) is 19.9 Å². The van der Waals surface area contributed by atoms with Gasteiger partial charge in [-0.2, -0.15) is 0 Å². The van der Waals surface area contributed by atoms with Gasteiger partial charge in [0.25, 0.3) is 5.91 Å². The van der Waals surface area contributed by atoms with E-state index in [0.717, 1.165) is 40.5 Å². The summed E-state index contributed by atoms with van der Waals surface area (Å²) in [4.78, 5) is 22.9. The van der Waals surface area contributed by atoms with Crippen LogP contribution in [0, 0.1) is 6.92 Å². The van der Waals surface area contributed by atoms with Gasteiger partial charge in [0.05, 0.1) is 17.8 Å². The van der Waals surface area contributed by atoms with E-state index in [9.17, 15) is 4.79 Å². The average Bonchev–Trinajstić information content (AvgIpc) is 3.42. The maximum Gasteiger partial charge on any atom is 0.255 e. The highest BCUT2D eigenvalue weighted by molar-refractivity contribution is 7.98. The van der Waals surface area contributed by atoms with Crippen molar-refractivity contribution in [3.05, 3.63) is 76.5 Å². The van der Waals surface area contributed by atoms with Crippen LogP contribution in [0.3, 0.4) is 0 Å². The van der Waals surface area contributed by atoms with Gasteiger partial charge in [0.1, 0.15) is 11.3 Å². The van der Waals surface area contributed by atoms with E-state index in [-0.39, 0.29) is 5.91 Å². The molecule has 33 heavy (non-hydrogen) atoms. The van der Waals surface area contributed by atoms with Crippen molar-refractivity contribution >= 4 is 40.4 Å². The third-order valence-corrected chi connectivity index (χ3v) is 6.93. The van der Waals surface area contributed by atoms with E-state index in [0.29, 0.717) is 41.9 Å². The van der Waals surface area contributed by atoms with Crippen LogP contribution in [-0.4, -0.2) is 52.0 Å². The van der Waals surface area contributed by atoms with Crippen LogP contribution in [0.15, 0.2) is 62.4 Å². The molecule has 170 valence electrons. The summed E-state index contributed by atoms with van der Waals surface area (Å²) in [6, 6.07) is 15.1. The number of oxazole rings is 1. The molecule has 1 saturated heterocycles. The van der Waals surface area contributed by atoms with E-state index >= 15 is 0 Å². The lowest BCUT2D eigenvalue weighted by atomic mass is 10.2. The van der Waals surface area contributed by atoms with Gasteiger partial charge in [-0.1, -0.05) is 28.9 Å². The molecule has 0 saturated carbocycles. The molecule has 1 amide bonds. The molecule has 1 aliphatic heterocycles. The summed E-state index contributed by atoms with van der Waals surface area (Å²) in [5.74, 6) is 2.17. The third-order valence-electron chi connectivity index (χ3n) is 5.58. The minimum absolute atomic E-state index is 0.0607. The Hall–Kier alpha value is -2.81. The number of piperazine rings is 1. The fourth-order valence-corrected chi connectivity index (χ4v) is 4.98. The van der Waals surface area contributed by atoms with Crippen molar-refractivity contribution in [2.24, 2.45) is 0 Å². The van der Waals surface area contributed by atoms with Gasteiger partial charge >= 0.3 is 0 Å². The van der Waals surface area contributed by atoms with Gasteiger partial charge in [0.15, 0.2) is 5.58 Å². The Bertz CT molecular complexity index is 1280. The van der Waals surface area contributed by atoms with E-state index in [4.69, 9.17) is 20.5 Å². The number of carbonyl (C=O) groups excluding carboxylic acids is 1. The standard InChI is InChI=1S/C24H23ClN4O3S/c1-16-12-18(27-32-16)15-33-22-5-3-2-4-19(22)24(30)29-10-8-28(9-11-29)14-23-26-20-7-6-17(25)13-21(20)31-23/h2-7,12-13H,8-11,14-15H2,1H3. The number of nitrogens with zero attached hydrogens (tertiary/aromatic N) is 4. The van der Waals surface area contributed by atoms with E-state index in [2.05, 4.69) is 15.0 Å². The lowest BCUT2D eigenvalue weighted by Gasteiger charge is -2.34. The molecule has 0 radical (unpaired) electrons. The Balaban J connectivity index is 1.19. The number of fused-ring (bicyclic) bond motifs is 1. The summed E-state index contributed by atoms with van der Waals surface area (Å²) in [5.41, 5.74) is 3.10. The van der Waals surface area contributed by atoms with Crippen LogP contribution in [0.2, 0.25) is 5.02 Å². The minimum atomic E-state index is 0.0607. The zero-order valence-corrected chi connectivity index (χ0v) is 19.7. The summed E-state index contributed by atoms with van der Waals surface area (Å²) >= 11 is 7.64. The molecule has 1 fully saturated rings. The Morgan fingerprint density at radius 2 is 1.94 bits per heavy atom. The molecule has 3 heterocycles. The maximum atomic E-state index is 13.3. The lowest BCUT2D eigenvalue weighted by molar-refractivity contribution is 0.0615. The Morgan fingerprint density at radius 3 is 2.73 bits per heavy atom. The van der Waals surface area contributed by atoms with Gasteiger partial charge in [0, 0.05) is 54.0 Å². The topological polar surface area (TPSA) is 75.6 Å². The SMILES string of the molecule is Cc1cc(CSc2ccccc2C(=O)N2CCN(Cc3nc4ccc(Cl)cc4o3)CC2)no1. The van der Waals surface area contributed by atoms with Crippen molar-refractivity contribution < 1.29 is 13.7 Å². The van der Waals surface area contributed by atoms with E-state index in [1.54, 1.807) is 17.8 Å². The first-order valence-corrected chi connectivity index (χ1v) is 12.1. The van der Waals surface area contributed by atoms with Gasteiger partial charge in [0.2, 0.25) is 5.89 Å². The summed E-state index contributed by atoms with van der Waals surface area (Å²) < 4.78 is 11.0. The predicted molar refractivity (Wildman–Crippen MR) is 127 cm³/mol. The summed E-state index contributed by atoms with van der Waals surface area (Å²) in [7, 11) is 0. The summed E-state index contributed by atoms with van der Waals surface area (Å²) in [6.45, 7) is 5.33. The molecule has 0 aliphatic carbocycles. The molecule has 0 spiro atoms. The number of aromatic nitrogens is 2. The smallest absolute Gasteiger partial charge is 0.255 e. The fraction of sp³-hybridized carbons (Fsp3) is 0.292. The summed E-state index contributed by atoms with van der Waals surface area (Å²) in [5, 5.41) is 4.67. The molecule has 5 rings (SSSR count). The minimum Gasteiger partial charge on any atom is -0.439 e. The second-order valence-corrected chi connectivity index (χ2v) is 9.46. The van der Waals surface area contributed by atoms with Crippen LogP contribution < -0.4 is 0 Å². The van der Waals surface area contributed by atoms with Gasteiger partial charge < -0.3 is 13.8 Å². The Kier molecular flexibility index (Phi) is 6.39. The molecule has 0 unspecified atom stereocenters. The lowest BCUT2D eigenvalue weighted by Crippen LogP contribution is -2.48. The zero-order chi connectivity index (χ0) is 22.8. The largest absolute Gasteiger partial charge is 0.439 e. The second-order valence-electron chi connectivity index (χ2n) is 8.00. The van der Waals surface area contributed by atoms with Crippen LogP contribution >= 0.6 is 23.4 Å². The van der Waals surface area contributed by atoms with Crippen molar-refractivity contribution in [3.63, 3.8) is 0 Å². The number of rotatable bonds is 6. The molecule has 1 aliphatic rings. The van der Waals surface area contributed by atoms with E-state index < -0.39 is 0 Å². The van der Waals surface area contributed by atoms with E-state index in [1.165, 1.54) is 0 Å². The molecule has 9 heteroatoms. The normalized spacial score (nSPS) is 14.8. The van der Waals surface area contributed by atoms with Crippen molar-refractivity contribution in [2.75, 3.05) is 26.2 Å². The highest BCUT2D eigenvalue weighted by Gasteiger charge is 2.25. The van der Waals surface area contributed by atoms with Crippen LogP contribution in [-0.2, 0) is 12.3 Å². The molecule has 0 bridgehead atoms. The van der Waals surface area contributed by atoms with Gasteiger partial charge in [-0.05, 0) is 31.2 Å². The molecule has 2 aromatic carbocycles. The van der Waals surface area contributed by atoms with Crippen molar-refractivity contribution in [1.29, 1.82) is 0 Å². The highest BCUT2D eigenvalue weighted by atomic mass is 35.5. The molecular weight excluding hydrogens is 460 g/mol. The van der Waals surface area contributed by atoms with Crippen molar-refractivity contribution in [3.8, 4) is 0 Å². The molecule has 0 atom stereocenters. The third kappa shape index (κ3) is 5.08. The molecular formula is C24H23ClN4O3S. The number of halogens is 1. The summed E-state index contributed by atoms with van der Waals surface area (Å²) in [6.07, 6.45) is 0. The number of thioether (sulfide) groups is 1. The predicted octanol–water partition coefficient (Wildman–Crippen LogP) is 5.03. The van der Waals surface area contributed by atoms with Crippen LogP contribution in [0.4, 0.5) is 0 Å². The van der Waals surface area contributed by atoms with Gasteiger partial charge in [-0.15, -0.1) is 11.8 Å².